The predicted molar refractivity (Wildman–Crippen MR) is 80.2 cm³/mol. The van der Waals surface area contributed by atoms with Crippen molar-refractivity contribution < 1.29 is 5.11 Å². The van der Waals surface area contributed by atoms with Crippen molar-refractivity contribution in [3.8, 4) is 0 Å². The Labute approximate surface area is 117 Å². The van der Waals surface area contributed by atoms with Gasteiger partial charge in [-0.3, -0.25) is 0 Å². The summed E-state index contributed by atoms with van der Waals surface area (Å²) in [5, 5.41) is 10.4. The molecule has 1 fully saturated rings. The lowest BCUT2D eigenvalue weighted by Crippen LogP contribution is -2.34. The Bertz CT molecular complexity index is 402. The van der Waals surface area contributed by atoms with E-state index in [0.717, 1.165) is 24.4 Å². The molecule has 0 bridgehead atoms. The van der Waals surface area contributed by atoms with Crippen LogP contribution >= 0.6 is 0 Å². The number of nitrogens with zero attached hydrogens (tertiary/aromatic N) is 1. The van der Waals surface area contributed by atoms with Gasteiger partial charge in [-0.1, -0.05) is 38.1 Å². The van der Waals surface area contributed by atoms with E-state index in [4.69, 9.17) is 0 Å². The number of aryl methyl sites for hydroxylation is 1. The molecule has 106 valence electrons. The van der Waals surface area contributed by atoms with Crippen LogP contribution in [0.5, 0.6) is 0 Å². The molecule has 0 amide bonds. The third-order valence-corrected chi connectivity index (χ3v) is 4.42. The molecule has 0 aliphatic carbocycles. The van der Waals surface area contributed by atoms with Gasteiger partial charge in [-0.25, -0.2) is 0 Å². The van der Waals surface area contributed by atoms with E-state index >= 15 is 0 Å². The lowest BCUT2D eigenvalue weighted by Gasteiger charge is -2.28. The Balaban J connectivity index is 1.90. The van der Waals surface area contributed by atoms with E-state index in [1.165, 1.54) is 24.9 Å². The fourth-order valence-corrected chi connectivity index (χ4v) is 3.29. The zero-order valence-corrected chi connectivity index (χ0v) is 12.5. The molecule has 0 aromatic heterocycles. The third kappa shape index (κ3) is 3.58. The van der Waals surface area contributed by atoms with Crippen LogP contribution in [-0.2, 0) is 0 Å². The molecule has 1 aromatic rings. The Morgan fingerprint density at radius 1 is 1.32 bits per heavy atom. The van der Waals surface area contributed by atoms with E-state index < -0.39 is 0 Å². The van der Waals surface area contributed by atoms with Crippen LogP contribution in [0.2, 0.25) is 0 Å². The zero-order chi connectivity index (χ0) is 13.8. The standard InChI is InChI=1S/C17H27NO/c1-13(2)16-9-6-11-18(16)12-10-17(19)15-8-5-4-7-14(15)3/h4-5,7-8,13,16-17,19H,6,9-12H2,1-3H3. The van der Waals surface area contributed by atoms with E-state index in [0.29, 0.717) is 6.04 Å². The van der Waals surface area contributed by atoms with Crippen molar-refractivity contribution in [1.29, 1.82) is 0 Å². The molecule has 0 radical (unpaired) electrons. The number of benzene rings is 1. The van der Waals surface area contributed by atoms with Crippen LogP contribution in [0, 0.1) is 12.8 Å². The maximum absolute atomic E-state index is 10.4. The van der Waals surface area contributed by atoms with Crippen molar-refractivity contribution in [3.63, 3.8) is 0 Å². The molecule has 1 aliphatic rings. The number of aliphatic hydroxyl groups is 1. The van der Waals surface area contributed by atoms with Crippen LogP contribution in [0.15, 0.2) is 24.3 Å². The van der Waals surface area contributed by atoms with E-state index in [-0.39, 0.29) is 6.10 Å². The molecule has 0 spiro atoms. The van der Waals surface area contributed by atoms with Gasteiger partial charge in [-0.05, 0) is 49.8 Å². The molecule has 2 heteroatoms. The lowest BCUT2D eigenvalue weighted by molar-refractivity contribution is 0.127. The Morgan fingerprint density at radius 3 is 2.74 bits per heavy atom. The van der Waals surface area contributed by atoms with Crippen LogP contribution in [0.4, 0.5) is 0 Å². The molecular formula is C17H27NO. The molecule has 2 atom stereocenters. The monoisotopic (exact) mass is 261 g/mol. The van der Waals surface area contributed by atoms with Gasteiger partial charge < -0.3 is 10.0 Å². The molecular weight excluding hydrogens is 234 g/mol. The van der Waals surface area contributed by atoms with E-state index in [1.54, 1.807) is 0 Å². The van der Waals surface area contributed by atoms with Crippen LogP contribution in [0.25, 0.3) is 0 Å². The number of hydrogen-bond donors (Lipinski definition) is 1. The van der Waals surface area contributed by atoms with Crippen molar-refractivity contribution in [3.05, 3.63) is 35.4 Å². The second-order valence-corrected chi connectivity index (χ2v) is 6.15. The predicted octanol–water partition coefficient (Wildman–Crippen LogP) is 3.54. The van der Waals surface area contributed by atoms with Gasteiger partial charge in [0, 0.05) is 12.6 Å². The number of rotatable bonds is 5. The maximum atomic E-state index is 10.4. The maximum Gasteiger partial charge on any atom is 0.0804 e. The van der Waals surface area contributed by atoms with Crippen molar-refractivity contribution in [2.45, 2.75) is 52.2 Å². The highest BCUT2D eigenvalue weighted by atomic mass is 16.3. The second kappa shape index (κ2) is 6.53. The lowest BCUT2D eigenvalue weighted by atomic mass is 9.99. The summed E-state index contributed by atoms with van der Waals surface area (Å²) in [6.07, 6.45) is 3.14. The quantitative estimate of drug-likeness (QED) is 0.876. The molecule has 1 N–H and O–H groups in total. The minimum absolute atomic E-state index is 0.324. The van der Waals surface area contributed by atoms with Crippen LogP contribution < -0.4 is 0 Å². The largest absolute Gasteiger partial charge is 0.388 e. The fraction of sp³-hybridized carbons (Fsp3) is 0.647. The zero-order valence-electron chi connectivity index (χ0n) is 12.5. The first-order valence-electron chi connectivity index (χ1n) is 7.57. The Hall–Kier alpha value is -0.860. The summed E-state index contributed by atoms with van der Waals surface area (Å²) in [7, 11) is 0. The average Bonchev–Trinajstić information content (AvgIpc) is 2.85. The van der Waals surface area contributed by atoms with Crippen molar-refractivity contribution in [1.82, 2.24) is 4.90 Å². The minimum atomic E-state index is -0.324. The highest BCUT2D eigenvalue weighted by Crippen LogP contribution is 2.26. The van der Waals surface area contributed by atoms with Gasteiger partial charge in [0.05, 0.1) is 6.10 Å². The van der Waals surface area contributed by atoms with E-state index in [9.17, 15) is 5.11 Å². The first-order chi connectivity index (χ1) is 9.09. The van der Waals surface area contributed by atoms with Gasteiger partial charge in [0.15, 0.2) is 0 Å². The van der Waals surface area contributed by atoms with Gasteiger partial charge in [-0.15, -0.1) is 0 Å². The highest BCUT2D eigenvalue weighted by Gasteiger charge is 2.27. The molecule has 2 unspecified atom stereocenters. The van der Waals surface area contributed by atoms with Crippen LogP contribution in [0.3, 0.4) is 0 Å². The topological polar surface area (TPSA) is 23.5 Å². The summed E-state index contributed by atoms with van der Waals surface area (Å²) in [5.74, 6) is 0.720. The number of hydrogen-bond acceptors (Lipinski definition) is 2. The summed E-state index contributed by atoms with van der Waals surface area (Å²) in [6, 6.07) is 8.87. The number of likely N-dealkylation sites (tertiary alicyclic amines) is 1. The molecule has 2 nitrogen and oxygen atoms in total. The minimum Gasteiger partial charge on any atom is -0.388 e. The molecule has 1 aromatic carbocycles. The van der Waals surface area contributed by atoms with Crippen molar-refractivity contribution in [2.75, 3.05) is 13.1 Å². The van der Waals surface area contributed by atoms with Crippen molar-refractivity contribution >= 4 is 0 Å². The van der Waals surface area contributed by atoms with Gasteiger partial charge in [0.25, 0.3) is 0 Å². The number of aliphatic hydroxyl groups excluding tert-OH is 1. The van der Waals surface area contributed by atoms with Crippen molar-refractivity contribution in [2.24, 2.45) is 5.92 Å². The SMILES string of the molecule is Cc1ccccc1C(O)CCN1CCCC1C(C)C. The summed E-state index contributed by atoms with van der Waals surface area (Å²) < 4.78 is 0. The first-order valence-corrected chi connectivity index (χ1v) is 7.57. The average molecular weight is 261 g/mol. The Kier molecular flexibility index (Phi) is 5.00. The van der Waals surface area contributed by atoms with E-state index in [2.05, 4.69) is 31.7 Å². The van der Waals surface area contributed by atoms with Crippen LogP contribution in [-0.4, -0.2) is 29.1 Å². The second-order valence-electron chi connectivity index (χ2n) is 6.15. The smallest absolute Gasteiger partial charge is 0.0804 e. The normalized spacial score (nSPS) is 22.1. The molecule has 19 heavy (non-hydrogen) atoms. The summed E-state index contributed by atoms with van der Waals surface area (Å²) in [5.41, 5.74) is 2.28. The third-order valence-electron chi connectivity index (χ3n) is 4.42. The molecule has 0 saturated carbocycles. The summed E-state index contributed by atoms with van der Waals surface area (Å²) in [6.45, 7) is 8.90. The molecule has 1 aliphatic heterocycles. The van der Waals surface area contributed by atoms with Gasteiger partial charge in [0.2, 0.25) is 0 Å². The van der Waals surface area contributed by atoms with Crippen LogP contribution in [0.1, 0.15) is 50.3 Å². The summed E-state index contributed by atoms with van der Waals surface area (Å²) >= 11 is 0. The van der Waals surface area contributed by atoms with Gasteiger partial charge >= 0.3 is 0 Å². The Morgan fingerprint density at radius 2 is 2.05 bits per heavy atom. The van der Waals surface area contributed by atoms with Gasteiger partial charge in [-0.2, -0.15) is 0 Å². The first kappa shape index (κ1) is 14.5. The van der Waals surface area contributed by atoms with E-state index in [1.807, 2.05) is 18.2 Å². The highest BCUT2D eigenvalue weighted by molar-refractivity contribution is 5.27. The summed E-state index contributed by atoms with van der Waals surface area (Å²) in [4.78, 5) is 2.56. The fourth-order valence-electron chi connectivity index (χ4n) is 3.29. The van der Waals surface area contributed by atoms with Gasteiger partial charge in [0.1, 0.15) is 0 Å². The molecule has 1 heterocycles. The molecule has 1 saturated heterocycles. The molecule has 2 rings (SSSR count).